The SMILES string of the molecule is COC(=O)c1ccccc1NC(=O)COC(=O)c1ccc[nH]1. The van der Waals surface area contributed by atoms with E-state index in [1.165, 1.54) is 19.2 Å². The lowest BCUT2D eigenvalue weighted by molar-refractivity contribution is -0.119. The average Bonchev–Trinajstić information content (AvgIpc) is 3.07. The highest BCUT2D eigenvalue weighted by atomic mass is 16.5. The highest BCUT2D eigenvalue weighted by Crippen LogP contribution is 2.15. The lowest BCUT2D eigenvalue weighted by Crippen LogP contribution is -2.22. The van der Waals surface area contributed by atoms with Crippen molar-refractivity contribution in [3.05, 3.63) is 53.9 Å². The minimum absolute atomic E-state index is 0.217. The number of esters is 2. The van der Waals surface area contributed by atoms with Crippen LogP contribution in [0.2, 0.25) is 0 Å². The minimum Gasteiger partial charge on any atom is -0.465 e. The Hall–Kier alpha value is -3.09. The van der Waals surface area contributed by atoms with E-state index in [0.717, 1.165) is 0 Å². The largest absolute Gasteiger partial charge is 0.465 e. The van der Waals surface area contributed by atoms with Crippen molar-refractivity contribution >= 4 is 23.5 Å². The molecule has 0 atom stereocenters. The Bertz CT molecular complexity index is 679. The van der Waals surface area contributed by atoms with Crippen molar-refractivity contribution in [2.75, 3.05) is 19.0 Å². The summed E-state index contributed by atoms with van der Waals surface area (Å²) in [5.74, 6) is -1.77. The number of hydrogen-bond donors (Lipinski definition) is 2. The molecule has 1 amide bonds. The average molecular weight is 302 g/mol. The van der Waals surface area contributed by atoms with Crippen molar-refractivity contribution in [3.63, 3.8) is 0 Å². The third kappa shape index (κ3) is 3.72. The standard InChI is InChI=1S/C15H14N2O5/c1-21-14(19)10-5-2-3-6-11(10)17-13(18)9-22-15(20)12-7-4-8-16-12/h2-8,16H,9H2,1H3,(H,17,18). The smallest absolute Gasteiger partial charge is 0.355 e. The van der Waals surface area contributed by atoms with E-state index >= 15 is 0 Å². The maximum Gasteiger partial charge on any atom is 0.355 e. The number of carbonyl (C=O) groups is 3. The number of para-hydroxylation sites is 1. The van der Waals surface area contributed by atoms with Gasteiger partial charge in [-0.15, -0.1) is 0 Å². The fraction of sp³-hybridized carbons (Fsp3) is 0.133. The van der Waals surface area contributed by atoms with Gasteiger partial charge in [-0.1, -0.05) is 12.1 Å². The normalized spacial score (nSPS) is 9.86. The number of carbonyl (C=O) groups excluding carboxylic acids is 3. The molecule has 2 rings (SSSR count). The van der Waals surface area contributed by atoms with Crippen molar-refractivity contribution in [2.24, 2.45) is 0 Å². The van der Waals surface area contributed by atoms with E-state index < -0.39 is 24.5 Å². The van der Waals surface area contributed by atoms with Crippen molar-refractivity contribution < 1.29 is 23.9 Å². The number of aromatic amines is 1. The van der Waals surface area contributed by atoms with E-state index in [1.54, 1.807) is 30.5 Å². The molecule has 1 heterocycles. The lowest BCUT2D eigenvalue weighted by atomic mass is 10.2. The molecule has 1 aromatic heterocycles. The van der Waals surface area contributed by atoms with Crippen LogP contribution in [0.5, 0.6) is 0 Å². The van der Waals surface area contributed by atoms with Crippen LogP contribution < -0.4 is 5.32 Å². The van der Waals surface area contributed by atoms with Gasteiger partial charge in [0.15, 0.2) is 6.61 Å². The van der Waals surface area contributed by atoms with E-state index in [-0.39, 0.29) is 16.9 Å². The molecule has 0 saturated carbocycles. The molecular weight excluding hydrogens is 288 g/mol. The Morgan fingerprint density at radius 3 is 2.55 bits per heavy atom. The third-order valence-corrected chi connectivity index (χ3v) is 2.76. The zero-order valence-electron chi connectivity index (χ0n) is 11.8. The van der Waals surface area contributed by atoms with Gasteiger partial charge < -0.3 is 19.8 Å². The van der Waals surface area contributed by atoms with Gasteiger partial charge in [0.1, 0.15) is 5.69 Å². The third-order valence-electron chi connectivity index (χ3n) is 2.76. The van der Waals surface area contributed by atoms with E-state index in [1.807, 2.05) is 0 Å². The second-order valence-electron chi connectivity index (χ2n) is 4.25. The van der Waals surface area contributed by atoms with Crippen molar-refractivity contribution in [1.82, 2.24) is 4.98 Å². The zero-order valence-corrected chi connectivity index (χ0v) is 11.8. The molecule has 0 spiro atoms. The number of H-pyrrole nitrogens is 1. The van der Waals surface area contributed by atoms with Crippen molar-refractivity contribution in [3.8, 4) is 0 Å². The monoisotopic (exact) mass is 302 g/mol. The lowest BCUT2D eigenvalue weighted by Gasteiger charge is -2.09. The summed E-state index contributed by atoms with van der Waals surface area (Å²) >= 11 is 0. The Kier molecular flexibility index (Phi) is 4.92. The maximum absolute atomic E-state index is 11.8. The first kappa shape index (κ1) is 15.3. The summed E-state index contributed by atoms with van der Waals surface area (Å²) < 4.78 is 9.47. The van der Waals surface area contributed by atoms with E-state index in [0.29, 0.717) is 0 Å². The second kappa shape index (κ2) is 7.07. The number of hydrogen-bond acceptors (Lipinski definition) is 5. The summed E-state index contributed by atoms with van der Waals surface area (Å²) in [6.45, 7) is -0.465. The van der Waals surface area contributed by atoms with Crippen LogP contribution in [0.3, 0.4) is 0 Å². The van der Waals surface area contributed by atoms with Crippen molar-refractivity contribution in [1.29, 1.82) is 0 Å². The molecule has 0 unspecified atom stereocenters. The molecule has 7 heteroatoms. The van der Waals surface area contributed by atoms with Gasteiger partial charge in [0.2, 0.25) is 0 Å². The number of nitrogens with one attached hydrogen (secondary N) is 2. The molecule has 114 valence electrons. The molecule has 22 heavy (non-hydrogen) atoms. The summed E-state index contributed by atoms with van der Waals surface area (Å²) in [5, 5.41) is 2.50. The first-order valence-electron chi connectivity index (χ1n) is 6.39. The highest BCUT2D eigenvalue weighted by Gasteiger charge is 2.15. The maximum atomic E-state index is 11.8. The topological polar surface area (TPSA) is 97.5 Å². The Morgan fingerprint density at radius 2 is 1.86 bits per heavy atom. The van der Waals surface area contributed by atoms with Crippen LogP contribution in [0.15, 0.2) is 42.6 Å². The number of benzene rings is 1. The molecule has 0 aliphatic rings. The van der Waals surface area contributed by atoms with Crippen LogP contribution in [0.1, 0.15) is 20.8 Å². The Labute approximate surface area is 126 Å². The first-order chi connectivity index (χ1) is 10.6. The number of methoxy groups -OCH3 is 1. The molecule has 2 aromatic rings. The summed E-state index contributed by atoms with van der Waals surface area (Å²) in [6.07, 6.45) is 1.57. The van der Waals surface area contributed by atoms with E-state index in [9.17, 15) is 14.4 Å². The second-order valence-corrected chi connectivity index (χ2v) is 4.25. The van der Waals surface area contributed by atoms with E-state index in [4.69, 9.17) is 4.74 Å². The van der Waals surface area contributed by atoms with Gasteiger partial charge in [0.25, 0.3) is 5.91 Å². The Balaban J connectivity index is 1.95. The number of amides is 1. The van der Waals surface area contributed by atoms with Crippen LogP contribution in [-0.2, 0) is 14.3 Å². The molecule has 0 aliphatic carbocycles. The first-order valence-corrected chi connectivity index (χ1v) is 6.39. The zero-order chi connectivity index (χ0) is 15.9. The van der Waals surface area contributed by atoms with Gasteiger partial charge >= 0.3 is 11.9 Å². The van der Waals surface area contributed by atoms with Gasteiger partial charge in [-0.3, -0.25) is 4.79 Å². The predicted molar refractivity (Wildman–Crippen MR) is 77.5 cm³/mol. The fourth-order valence-electron chi connectivity index (χ4n) is 1.73. The van der Waals surface area contributed by atoms with Crippen LogP contribution in [0.4, 0.5) is 5.69 Å². The Morgan fingerprint density at radius 1 is 1.09 bits per heavy atom. The van der Waals surface area contributed by atoms with Gasteiger partial charge in [0.05, 0.1) is 18.4 Å². The predicted octanol–water partition coefficient (Wildman–Crippen LogP) is 1.60. The molecule has 0 fully saturated rings. The number of aromatic nitrogens is 1. The minimum atomic E-state index is -0.638. The molecule has 2 N–H and O–H groups in total. The molecule has 1 aromatic carbocycles. The molecule has 0 aliphatic heterocycles. The molecule has 0 bridgehead atoms. The van der Waals surface area contributed by atoms with Gasteiger partial charge in [0, 0.05) is 6.20 Å². The highest BCUT2D eigenvalue weighted by molar-refractivity contribution is 6.02. The van der Waals surface area contributed by atoms with Crippen LogP contribution in [0, 0.1) is 0 Å². The van der Waals surface area contributed by atoms with Gasteiger partial charge in [-0.2, -0.15) is 0 Å². The van der Waals surface area contributed by atoms with Crippen molar-refractivity contribution in [2.45, 2.75) is 0 Å². The quantitative estimate of drug-likeness (QED) is 0.817. The molecular formula is C15H14N2O5. The number of ether oxygens (including phenoxy) is 2. The van der Waals surface area contributed by atoms with Crippen LogP contribution in [0.25, 0.3) is 0 Å². The molecule has 0 saturated heterocycles. The summed E-state index contributed by atoms with van der Waals surface area (Å²) in [5.41, 5.74) is 0.757. The van der Waals surface area contributed by atoms with E-state index in [2.05, 4.69) is 15.0 Å². The van der Waals surface area contributed by atoms with Gasteiger partial charge in [-0.05, 0) is 24.3 Å². The molecule has 7 nitrogen and oxygen atoms in total. The summed E-state index contributed by atoms with van der Waals surface area (Å²) in [4.78, 5) is 37.6. The van der Waals surface area contributed by atoms with Crippen LogP contribution in [-0.4, -0.2) is 36.5 Å². The summed E-state index contributed by atoms with van der Waals surface area (Å²) in [7, 11) is 1.25. The number of rotatable bonds is 5. The summed E-state index contributed by atoms with van der Waals surface area (Å²) in [6, 6.07) is 9.56. The van der Waals surface area contributed by atoms with Crippen LogP contribution >= 0.6 is 0 Å². The molecule has 0 radical (unpaired) electrons. The number of anilines is 1. The fourth-order valence-corrected chi connectivity index (χ4v) is 1.73. The van der Waals surface area contributed by atoms with Gasteiger partial charge in [-0.25, -0.2) is 9.59 Å².